The number of carboxylic acid groups (broad SMARTS) is 1. The molecular weight excluding hydrogens is 479 g/mol. The molecule has 1 fully saturated rings. The van der Waals surface area contributed by atoms with Crippen molar-refractivity contribution in [2.24, 2.45) is 0 Å². The number of halogens is 3. The third-order valence-corrected chi connectivity index (χ3v) is 6.03. The Kier molecular flexibility index (Phi) is 8.93. The monoisotopic (exact) mass is 509 g/mol. The number of aliphatic hydroxyl groups is 2. The first-order valence-electron chi connectivity index (χ1n) is 11.5. The second-order valence-corrected chi connectivity index (χ2v) is 8.40. The number of alkyl halides is 3. The Morgan fingerprint density at radius 1 is 1.11 bits per heavy atom. The third kappa shape index (κ3) is 6.15. The zero-order valence-corrected chi connectivity index (χ0v) is 20.2. The molecule has 36 heavy (non-hydrogen) atoms. The highest BCUT2D eigenvalue weighted by atomic mass is 19.4. The standard InChI is InChI=1S/C22H22F3N3O3.C3H8O2/c1-13-15(4-3-5-18(13)22(23,24)25)12-28-14(2)26-20-17(21(29)30)10-16(11-19(20)28)27-6-8-31-9-7-27;4-2-1-3-5/h3-5,10-11H,6-9,12H2,1-2H3,(H,29,30);4-5H,1-3H2. The van der Waals surface area contributed by atoms with Crippen molar-refractivity contribution in [2.45, 2.75) is 33.0 Å². The Bertz CT molecular complexity index is 1200. The molecule has 11 heteroatoms. The Morgan fingerprint density at radius 3 is 2.33 bits per heavy atom. The lowest BCUT2D eigenvalue weighted by Crippen LogP contribution is -2.36. The molecule has 0 spiro atoms. The number of nitrogens with zero attached hydrogens (tertiary/aromatic N) is 3. The number of fused-ring (bicyclic) bond motifs is 1. The summed E-state index contributed by atoms with van der Waals surface area (Å²) < 4.78 is 47.2. The molecule has 0 bridgehead atoms. The van der Waals surface area contributed by atoms with Gasteiger partial charge in [0.1, 0.15) is 11.3 Å². The lowest BCUT2D eigenvalue weighted by atomic mass is 10.0. The molecule has 3 N–H and O–H groups in total. The number of aryl methyl sites for hydroxylation is 1. The van der Waals surface area contributed by atoms with E-state index < -0.39 is 17.7 Å². The van der Waals surface area contributed by atoms with Gasteiger partial charge in [-0.2, -0.15) is 13.2 Å². The molecule has 0 radical (unpaired) electrons. The average Bonchev–Trinajstić information content (AvgIpc) is 3.15. The zero-order valence-electron chi connectivity index (χ0n) is 20.2. The number of aliphatic hydroxyl groups excluding tert-OH is 2. The first kappa shape index (κ1) is 27.4. The molecule has 1 saturated heterocycles. The van der Waals surface area contributed by atoms with Crippen LogP contribution in [0.3, 0.4) is 0 Å². The summed E-state index contributed by atoms with van der Waals surface area (Å²) in [7, 11) is 0. The van der Waals surface area contributed by atoms with E-state index in [1.165, 1.54) is 13.0 Å². The van der Waals surface area contributed by atoms with Gasteiger partial charge >= 0.3 is 12.1 Å². The van der Waals surface area contributed by atoms with Crippen molar-refractivity contribution in [3.8, 4) is 0 Å². The van der Waals surface area contributed by atoms with Crippen LogP contribution in [-0.4, -0.2) is 70.4 Å². The molecule has 0 atom stereocenters. The van der Waals surface area contributed by atoms with Crippen LogP contribution in [0, 0.1) is 13.8 Å². The maximum absolute atomic E-state index is 13.3. The smallest absolute Gasteiger partial charge is 0.416 e. The highest BCUT2D eigenvalue weighted by Gasteiger charge is 2.33. The predicted octanol–water partition coefficient (Wildman–Crippen LogP) is 3.62. The number of carbonyl (C=O) groups is 1. The number of hydrogen-bond acceptors (Lipinski definition) is 6. The van der Waals surface area contributed by atoms with Crippen molar-refractivity contribution in [2.75, 3.05) is 44.4 Å². The van der Waals surface area contributed by atoms with E-state index in [-0.39, 0.29) is 30.9 Å². The van der Waals surface area contributed by atoms with Crippen molar-refractivity contribution in [3.05, 3.63) is 58.4 Å². The molecule has 0 saturated carbocycles. The van der Waals surface area contributed by atoms with E-state index in [9.17, 15) is 23.1 Å². The summed E-state index contributed by atoms with van der Waals surface area (Å²) in [6.45, 7) is 5.87. The predicted molar refractivity (Wildman–Crippen MR) is 129 cm³/mol. The SMILES string of the molecule is Cc1c(Cn2c(C)nc3c(C(=O)O)cc(N4CCOCC4)cc32)cccc1C(F)(F)F.OCCCO. The molecule has 0 unspecified atom stereocenters. The minimum absolute atomic E-state index is 0.0709. The Labute approximate surface area is 206 Å². The number of rotatable bonds is 6. The maximum atomic E-state index is 13.3. The summed E-state index contributed by atoms with van der Waals surface area (Å²) in [5.41, 5.74) is 1.69. The summed E-state index contributed by atoms with van der Waals surface area (Å²) in [4.78, 5) is 18.4. The summed E-state index contributed by atoms with van der Waals surface area (Å²) in [6.07, 6.45) is -3.94. The molecule has 4 rings (SSSR count). The molecular formula is C25H30F3N3O5. The van der Waals surface area contributed by atoms with Crippen LogP contribution in [0.25, 0.3) is 11.0 Å². The number of morpholine rings is 1. The number of ether oxygens (including phenoxy) is 1. The maximum Gasteiger partial charge on any atom is 0.416 e. The molecule has 8 nitrogen and oxygen atoms in total. The Morgan fingerprint density at radius 2 is 1.78 bits per heavy atom. The number of aromatic nitrogens is 2. The molecule has 0 aliphatic carbocycles. The van der Waals surface area contributed by atoms with Crippen LogP contribution in [-0.2, 0) is 17.5 Å². The molecule has 0 amide bonds. The molecule has 2 aromatic carbocycles. The Balaban J connectivity index is 0.000000658. The molecule has 1 aliphatic rings. The van der Waals surface area contributed by atoms with E-state index in [1.54, 1.807) is 23.6 Å². The molecule has 1 aromatic heterocycles. The fourth-order valence-corrected chi connectivity index (χ4v) is 4.09. The minimum atomic E-state index is -4.44. The van der Waals surface area contributed by atoms with Crippen LogP contribution in [0.15, 0.2) is 30.3 Å². The minimum Gasteiger partial charge on any atom is -0.478 e. The first-order chi connectivity index (χ1) is 17.1. The van der Waals surface area contributed by atoms with Crippen molar-refractivity contribution in [1.82, 2.24) is 9.55 Å². The molecule has 196 valence electrons. The van der Waals surface area contributed by atoms with Gasteiger partial charge in [0.25, 0.3) is 0 Å². The number of benzene rings is 2. The van der Waals surface area contributed by atoms with Gasteiger partial charge in [-0.1, -0.05) is 12.1 Å². The van der Waals surface area contributed by atoms with Crippen LogP contribution >= 0.6 is 0 Å². The van der Waals surface area contributed by atoms with Gasteiger partial charge in [-0.15, -0.1) is 0 Å². The summed E-state index contributed by atoms with van der Waals surface area (Å²) in [5.74, 6) is -0.562. The highest BCUT2D eigenvalue weighted by Crippen LogP contribution is 2.34. The Hall–Kier alpha value is -3.15. The van der Waals surface area contributed by atoms with Crippen molar-refractivity contribution in [3.63, 3.8) is 0 Å². The van der Waals surface area contributed by atoms with E-state index in [1.807, 2.05) is 11.0 Å². The quantitative estimate of drug-likeness (QED) is 0.466. The number of imidazole rings is 1. The topological polar surface area (TPSA) is 108 Å². The van der Waals surface area contributed by atoms with E-state index >= 15 is 0 Å². The third-order valence-electron chi connectivity index (χ3n) is 6.03. The number of anilines is 1. The first-order valence-corrected chi connectivity index (χ1v) is 11.5. The van der Waals surface area contributed by atoms with E-state index in [0.29, 0.717) is 55.1 Å². The molecule has 2 heterocycles. The van der Waals surface area contributed by atoms with Gasteiger partial charge in [0, 0.05) is 38.5 Å². The van der Waals surface area contributed by atoms with Crippen LogP contribution in [0.5, 0.6) is 0 Å². The zero-order chi connectivity index (χ0) is 26.5. The van der Waals surface area contributed by atoms with Gasteiger partial charge in [-0.25, -0.2) is 9.78 Å². The fraction of sp³-hybridized carbons (Fsp3) is 0.440. The molecule has 1 aliphatic heterocycles. The highest BCUT2D eigenvalue weighted by molar-refractivity contribution is 6.03. The van der Waals surface area contributed by atoms with E-state index in [4.69, 9.17) is 14.9 Å². The summed E-state index contributed by atoms with van der Waals surface area (Å²) in [5, 5.41) is 25.6. The number of aromatic carboxylic acids is 1. The van der Waals surface area contributed by atoms with Crippen LogP contribution < -0.4 is 4.90 Å². The number of carboxylic acids is 1. The van der Waals surface area contributed by atoms with Crippen LogP contribution in [0.2, 0.25) is 0 Å². The van der Waals surface area contributed by atoms with Crippen LogP contribution in [0.1, 0.15) is 39.3 Å². The van der Waals surface area contributed by atoms with Gasteiger partial charge in [0.2, 0.25) is 0 Å². The number of hydrogen-bond donors (Lipinski definition) is 3. The normalized spacial score (nSPS) is 14.0. The molecule has 3 aromatic rings. The van der Waals surface area contributed by atoms with Gasteiger partial charge < -0.3 is 29.5 Å². The van der Waals surface area contributed by atoms with Crippen molar-refractivity contribution in [1.29, 1.82) is 0 Å². The van der Waals surface area contributed by atoms with Gasteiger partial charge in [-0.05, 0) is 49.6 Å². The largest absolute Gasteiger partial charge is 0.478 e. The van der Waals surface area contributed by atoms with Crippen molar-refractivity contribution < 1.29 is 38.0 Å². The lowest BCUT2D eigenvalue weighted by molar-refractivity contribution is -0.138. The van der Waals surface area contributed by atoms with E-state index in [0.717, 1.165) is 11.8 Å². The summed E-state index contributed by atoms with van der Waals surface area (Å²) >= 11 is 0. The van der Waals surface area contributed by atoms with E-state index in [2.05, 4.69) is 4.98 Å². The van der Waals surface area contributed by atoms with Gasteiger partial charge in [0.15, 0.2) is 0 Å². The average molecular weight is 510 g/mol. The summed E-state index contributed by atoms with van der Waals surface area (Å²) in [6, 6.07) is 7.57. The second kappa shape index (κ2) is 11.7. The van der Waals surface area contributed by atoms with Gasteiger partial charge in [0.05, 0.1) is 29.9 Å². The lowest BCUT2D eigenvalue weighted by Gasteiger charge is -2.29. The van der Waals surface area contributed by atoms with Crippen LogP contribution in [0.4, 0.5) is 18.9 Å². The van der Waals surface area contributed by atoms with Crippen molar-refractivity contribution >= 4 is 22.7 Å². The van der Waals surface area contributed by atoms with Gasteiger partial charge in [-0.3, -0.25) is 0 Å². The second-order valence-electron chi connectivity index (χ2n) is 8.40. The fourth-order valence-electron chi connectivity index (χ4n) is 4.09.